The Morgan fingerprint density at radius 3 is 2.40 bits per heavy atom. The first kappa shape index (κ1) is 31.1. The SMILES string of the molecule is CN(C(=O)COCC1CCCCN1S(=O)(=O)c1c(Cl)cc(C(F)(F)F)cc1Cl)C1CCN(Cc2ccccc2)C1. The van der Waals surface area contributed by atoms with Gasteiger partial charge in [0.25, 0.3) is 0 Å². The first-order chi connectivity index (χ1) is 18.9. The quantitative estimate of drug-likeness (QED) is 0.380. The van der Waals surface area contributed by atoms with Gasteiger partial charge >= 0.3 is 6.18 Å². The predicted molar refractivity (Wildman–Crippen MR) is 147 cm³/mol. The topological polar surface area (TPSA) is 70.2 Å². The zero-order valence-corrected chi connectivity index (χ0v) is 24.4. The van der Waals surface area contributed by atoms with Gasteiger partial charge in [-0.15, -0.1) is 0 Å². The Kier molecular flexibility index (Phi) is 10.1. The van der Waals surface area contributed by atoms with Crippen molar-refractivity contribution < 1.29 is 31.1 Å². The van der Waals surface area contributed by atoms with Crippen molar-refractivity contribution in [3.63, 3.8) is 0 Å². The van der Waals surface area contributed by atoms with Gasteiger partial charge in [0.2, 0.25) is 15.9 Å². The third-order valence-electron chi connectivity index (χ3n) is 7.44. The lowest BCUT2D eigenvalue weighted by atomic mass is 10.1. The zero-order valence-electron chi connectivity index (χ0n) is 22.0. The van der Waals surface area contributed by atoms with Gasteiger partial charge in [-0.3, -0.25) is 9.69 Å². The van der Waals surface area contributed by atoms with Crippen molar-refractivity contribution in [1.82, 2.24) is 14.1 Å². The van der Waals surface area contributed by atoms with Gasteiger partial charge < -0.3 is 9.64 Å². The Morgan fingerprint density at radius 2 is 1.75 bits per heavy atom. The van der Waals surface area contributed by atoms with Crippen molar-refractivity contribution in [2.24, 2.45) is 0 Å². The van der Waals surface area contributed by atoms with Crippen LogP contribution in [0.15, 0.2) is 47.4 Å². The van der Waals surface area contributed by atoms with Gasteiger partial charge in [0.1, 0.15) is 11.5 Å². The molecule has 0 radical (unpaired) electrons. The number of carbonyl (C=O) groups is 1. The molecule has 2 aromatic carbocycles. The lowest BCUT2D eigenvalue weighted by molar-refractivity contribution is -0.138. The zero-order chi connectivity index (χ0) is 29.1. The maximum atomic E-state index is 13.5. The first-order valence-electron chi connectivity index (χ1n) is 13.1. The number of sulfonamides is 1. The van der Waals surface area contributed by atoms with Crippen LogP contribution in [0.4, 0.5) is 13.2 Å². The van der Waals surface area contributed by atoms with E-state index in [1.54, 1.807) is 11.9 Å². The Labute approximate surface area is 242 Å². The Balaban J connectivity index is 1.35. The second-order valence-electron chi connectivity index (χ2n) is 10.2. The molecule has 0 aliphatic carbocycles. The third-order valence-corrected chi connectivity index (χ3v) is 10.3. The minimum atomic E-state index is -4.73. The molecule has 2 aliphatic rings. The van der Waals surface area contributed by atoms with E-state index in [0.717, 1.165) is 32.5 Å². The van der Waals surface area contributed by atoms with Gasteiger partial charge in [0.15, 0.2) is 0 Å². The molecule has 2 unspecified atom stereocenters. The van der Waals surface area contributed by atoms with Crippen molar-refractivity contribution in [2.45, 2.75) is 55.4 Å². The molecule has 0 aromatic heterocycles. The van der Waals surface area contributed by atoms with Crippen LogP contribution in [0, 0.1) is 0 Å². The first-order valence-corrected chi connectivity index (χ1v) is 15.3. The predicted octanol–water partition coefficient (Wildman–Crippen LogP) is 5.30. The maximum Gasteiger partial charge on any atom is 0.416 e. The van der Waals surface area contributed by atoms with Crippen LogP contribution < -0.4 is 0 Å². The molecule has 220 valence electrons. The van der Waals surface area contributed by atoms with Gasteiger partial charge in [-0.05, 0) is 37.0 Å². The van der Waals surface area contributed by atoms with E-state index in [0.29, 0.717) is 25.0 Å². The monoisotopic (exact) mass is 621 g/mol. The summed E-state index contributed by atoms with van der Waals surface area (Å²) >= 11 is 12.0. The van der Waals surface area contributed by atoms with Gasteiger partial charge in [0, 0.05) is 45.3 Å². The third kappa shape index (κ3) is 7.30. The van der Waals surface area contributed by atoms with Crippen molar-refractivity contribution >= 4 is 39.1 Å². The summed E-state index contributed by atoms with van der Waals surface area (Å²) < 4.78 is 73.2. The summed E-state index contributed by atoms with van der Waals surface area (Å²) in [6, 6.07) is 10.7. The fourth-order valence-corrected chi connectivity index (χ4v) is 8.09. The number of alkyl halides is 3. The highest BCUT2D eigenvalue weighted by Gasteiger charge is 2.39. The van der Waals surface area contributed by atoms with E-state index < -0.39 is 42.7 Å². The van der Waals surface area contributed by atoms with Crippen LogP contribution in [0.3, 0.4) is 0 Å². The summed E-state index contributed by atoms with van der Waals surface area (Å²) in [6.45, 7) is 2.33. The standard InChI is InChI=1S/C27H32Cl2F3N3O4S/c1-33(21-10-12-34(16-21)15-19-7-3-2-4-8-19)25(36)18-39-17-22-9-5-6-11-35(22)40(37,38)26-23(28)13-20(14-24(26)29)27(30,31)32/h2-4,7-8,13-14,21-22H,5-6,9-12,15-18H2,1H3. The van der Waals surface area contributed by atoms with Crippen molar-refractivity contribution in [1.29, 1.82) is 0 Å². The van der Waals surface area contributed by atoms with Crippen LogP contribution in [-0.2, 0) is 32.3 Å². The van der Waals surface area contributed by atoms with Crippen LogP contribution in [0.5, 0.6) is 0 Å². The summed E-state index contributed by atoms with van der Waals surface area (Å²) in [5, 5.41) is -1.19. The van der Waals surface area contributed by atoms with E-state index in [1.807, 2.05) is 18.2 Å². The number of hydrogen-bond acceptors (Lipinski definition) is 5. The largest absolute Gasteiger partial charge is 0.416 e. The van der Waals surface area contributed by atoms with E-state index >= 15 is 0 Å². The van der Waals surface area contributed by atoms with E-state index in [-0.39, 0.29) is 31.7 Å². The molecule has 13 heteroatoms. The molecule has 2 aromatic rings. The average molecular weight is 623 g/mol. The second kappa shape index (κ2) is 13.0. The molecule has 2 atom stereocenters. The number of rotatable bonds is 9. The number of carbonyl (C=O) groups excluding carboxylic acids is 1. The lowest BCUT2D eigenvalue weighted by Crippen LogP contribution is -2.47. The number of nitrogens with zero attached hydrogens (tertiary/aromatic N) is 3. The molecule has 2 aliphatic heterocycles. The number of piperidine rings is 1. The normalized spacial score (nSPS) is 21.1. The van der Waals surface area contributed by atoms with Gasteiger partial charge in [-0.25, -0.2) is 8.42 Å². The molecule has 0 bridgehead atoms. The molecule has 4 rings (SSSR count). The summed E-state index contributed by atoms with van der Waals surface area (Å²) in [4.78, 5) is 16.3. The smallest absolute Gasteiger partial charge is 0.370 e. The van der Waals surface area contributed by atoms with Crippen LogP contribution in [0.1, 0.15) is 36.8 Å². The minimum absolute atomic E-state index is 0.0422. The van der Waals surface area contributed by atoms with Gasteiger partial charge in [0.05, 0.1) is 22.2 Å². The van der Waals surface area contributed by atoms with Crippen molar-refractivity contribution in [3.8, 4) is 0 Å². The number of likely N-dealkylation sites (N-methyl/N-ethyl adjacent to an activating group) is 1. The number of benzene rings is 2. The molecular formula is C27H32Cl2F3N3O4S. The minimum Gasteiger partial charge on any atom is -0.370 e. The van der Waals surface area contributed by atoms with E-state index in [1.165, 1.54) is 9.87 Å². The molecule has 1 amide bonds. The number of likely N-dealkylation sites (tertiary alicyclic amines) is 1. The Bertz CT molecular complexity index is 1270. The molecule has 0 spiro atoms. The average Bonchev–Trinajstić information content (AvgIpc) is 3.36. The number of ether oxygens (including phenoxy) is 1. The molecule has 2 saturated heterocycles. The van der Waals surface area contributed by atoms with Crippen LogP contribution in [0.25, 0.3) is 0 Å². The van der Waals surface area contributed by atoms with Crippen molar-refractivity contribution in [3.05, 3.63) is 63.6 Å². The highest BCUT2D eigenvalue weighted by Crippen LogP contribution is 2.40. The number of amides is 1. The van der Waals surface area contributed by atoms with E-state index in [2.05, 4.69) is 17.0 Å². The van der Waals surface area contributed by atoms with E-state index in [4.69, 9.17) is 27.9 Å². The summed E-state index contributed by atoms with van der Waals surface area (Å²) in [5.74, 6) is -0.203. The van der Waals surface area contributed by atoms with Crippen LogP contribution in [0.2, 0.25) is 10.0 Å². The van der Waals surface area contributed by atoms with Gasteiger partial charge in [-0.2, -0.15) is 17.5 Å². The summed E-state index contributed by atoms with van der Waals surface area (Å²) in [5.41, 5.74) is 0.0828. The van der Waals surface area contributed by atoms with Crippen LogP contribution >= 0.6 is 23.2 Å². The Hall–Kier alpha value is -1.89. The second-order valence-corrected chi connectivity index (χ2v) is 12.9. The summed E-state index contributed by atoms with van der Waals surface area (Å²) in [6.07, 6.45) is -2.11. The molecule has 2 fully saturated rings. The van der Waals surface area contributed by atoms with Crippen LogP contribution in [-0.4, -0.2) is 80.4 Å². The fraction of sp³-hybridized carbons (Fsp3) is 0.519. The molecule has 2 heterocycles. The molecule has 0 N–H and O–H groups in total. The molecule has 40 heavy (non-hydrogen) atoms. The molecular weight excluding hydrogens is 590 g/mol. The highest BCUT2D eigenvalue weighted by molar-refractivity contribution is 7.89. The van der Waals surface area contributed by atoms with Gasteiger partial charge in [-0.1, -0.05) is 60.0 Å². The van der Waals surface area contributed by atoms with Crippen molar-refractivity contribution in [2.75, 3.05) is 39.9 Å². The number of halogens is 5. The Morgan fingerprint density at radius 1 is 1.07 bits per heavy atom. The lowest BCUT2D eigenvalue weighted by Gasteiger charge is -2.35. The molecule has 0 saturated carbocycles. The maximum absolute atomic E-state index is 13.5. The fourth-order valence-electron chi connectivity index (χ4n) is 5.25. The summed E-state index contributed by atoms with van der Waals surface area (Å²) in [7, 11) is -2.58. The van der Waals surface area contributed by atoms with E-state index in [9.17, 15) is 26.4 Å². The highest BCUT2D eigenvalue weighted by atomic mass is 35.5. The number of hydrogen-bond donors (Lipinski definition) is 0. The molecule has 7 nitrogen and oxygen atoms in total.